The molecule has 2 atom stereocenters. The molecule has 0 saturated carbocycles. The molecule has 1 N–H and O–H groups in total. The number of anilines is 1. The first-order valence-corrected chi connectivity index (χ1v) is 11.1. The Morgan fingerprint density at radius 3 is 2.45 bits per heavy atom. The molecule has 1 aromatic heterocycles. The average Bonchev–Trinajstić information content (AvgIpc) is 3.06. The number of carbonyl (C=O) groups is 1. The number of rotatable bonds is 5. The average molecular weight is 460 g/mol. The number of halogens is 1. The van der Waals surface area contributed by atoms with Crippen LogP contribution in [0.3, 0.4) is 0 Å². The van der Waals surface area contributed by atoms with Gasteiger partial charge >= 0.3 is 5.97 Å². The third-order valence-electron chi connectivity index (χ3n) is 6.28. The van der Waals surface area contributed by atoms with E-state index in [0.29, 0.717) is 17.0 Å². The van der Waals surface area contributed by atoms with Gasteiger partial charge in [0.1, 0.15) is 6.54 Å². The smallest absolute Gasteiger partial charge is 0.323 e. The van der Waals surface area contributed by atoms with E-state index in [4.69, 9.17) is 16.7 Å². The molecule has 5 rings (SSSR count). The van der Waals surface area contributed by atoms with Crippen LogP contribution < -0.4 is 10.5 Å². The lowest BCUT2D eigenvalue weighted by Crippen LogP contribution is -2.37. The van der Waals surface area contributed by atoms with Crippen molar-refractivity contribution in [2.24, 2.45) is 0 Å². The monoisotopic (exact) mass is 459 g/mol. The lowest BCUT2D eigenvalue weighted by atomic mass is 9.89. The zero-order valence-electron chi connectivity index (χ0n) is 18.0. The highest BCUT2D eigenvalue weighted by molar-refractivity contribution is 6.30. The van der Waals surface area contributed by atoms with Crippen molar-refractivity contribution in [1.29, 1.82) is 0 Å². The summed E-state index contributed by atoms with van der Waals surface area (Å²) in [5, 5.41) is 16.3. The summed E-state index contributed by atoms with van der Waals surface area (Å²) in [5.41, 5.74) is 3.30. The Labute approximate surface area is 195 Å². The number of fused-ring (bicyclic) bond motifs is 2. The van der Waals surface area contributed by atoms with Gasteiger partial charge in [0.05, 0.1) is 23.5 Å². The second kappa shape index (κ2) is 8.37. The first-order chi connectivity index (χ1) is 15.9. The molecule has 0 spiro atoms. The second-order valence-corrected chi connectivity index (χ2v) is 8.76. The highest BCUT2D eigenvalue weighted by atomic mass is 35.5. The minimum absolute atomic E-state index is 0.131. The first kappa shape index (κ1) is 21.2. The molecule has 0 aliphatic carbocycles. The normalized spacial score (nSPS) is 17.3. The zero-order valence-corrected chi connectivity index (χ0v) is 18.7. The van der Waals surface area contributed by atoms with Crippen molar-refractivity contribution in [1.82, 2.24) is 9.78 Å². The van der Waals surface area contributed by atoms with E-state index in [-0.39, 0.29) is 24.1 Å². The molecule has 0 amide bonds. The molecule has 4 aromatic rings. The molecule has 1 aliphatic rings. The van der Waals surface area contributed by atoms with Crippen molar-refractivity contribution in [3.05, 3.63) is 105 Å². The Morgan fingerprint density at radius 2 is 1.73 bits per heavy atom. The molecule has 2 unspecified atom stereocenters. The zero-order chi connectivity index (χ0) is 23.1. The second-order valence-electron chi connectivity index (χ2n) is 8.32. The lowest BCUT2D eigenvalue weighted by Gasteiger charge is -2.26. The van der Waals surface area contributed by atoms with Gasteiger partial charge in [0.25, 0.3) is 5.56 Å². The number of benzene rings is 3. The van der Waals surface area contributed by atoms with Gasteiger partial charge in [0, 0.05) is 22.1 Å². The van der Waals surface area contributed by atoms with Crippen LogP contribution in [0.4, 0.5) is 5.69 Å². The van der Waals surface area contributed by atoms with Gasteiger partial charge in [-0.05, 0) is 42.3 Å². The van der Waals surface area contributed by atoms with Gasteiger partial charge in [-0.15, -0.1) is 0 Å². The van der Waals surface area contributed by atoms with Crippen LogP contribution in [0.1, 0.15) is 29.7 Å². The van der Waals surface area contributed by atoms with Crippen LogP contribution in [-0.2, 0) is 11.3 Å². The van der Waals surface area contributed by atoms with Crippen LogP contribution in [0.25, 0.3) is 10.8 Å². The van der Waals surface area contributed by atoms with E-state index in [2.05, 4.69) is 0 Å². The molecule has 6 nitrogen and oxygen atoms in total. The molecular formula is C26H22ClN3O3. The molecule has 0 fully saturated rings. The van der Waals surface area contributed by atoms with E-state index in [1.807, 2.05) is 78.6 Å². The van der Waals surface area contributed by atoms with Crippen LogP contribution in [0.15, 0.2) is 77.6 Å². The predicted molar refractivity (Wildman–Crippen MR) is 129 cm³/mol. The third-order valence-corrected chi connectivity index (χ3v) is 6.51. The summed E-state index contributed by atoms with van der Waals surface area (Å²) in [4.78, 5) is 26.8. The van der Waals surface area contributed by atoms with Gasteiger partial charge in [-0.25, -0.2) is 4.68 Å². The molecule has 7 heteroatoms. The predicted octanol–water partition coefficient (Wildman–Crippen LogP) is 4.52. The molecule has 1 aliphatic heterocycles. The molecule has 166 valence electrons. The van der Waals surface area contributed by atoms with Crippen LogP contribution in [0, 0.1) is 0 Å². The molecule has 2 heterocycles. The number of aliphatic carboxylic acids is 1. The molecule has 33 heavy (non-hydrogen) atoms. The summed E-state index contributed by atoms with van der Waals surface area (Å²) in [6, 6.07) is 22.5. The minimum Gasteiger partial charge on any atom is -0.480 e. The number of aromatic nitrogens is 2. The van der Waals surface area contributed by atoms with E-state index in [9.17, 15) is 14.7 Å². The summed E-state index contributed by atoms with van der Waals surface area (Å²) in [5.74, 6) is -1.15. The molecule has 0 saturated heterocycles. The Kier molecular flexibility index (Phi) is 5.38. The highest BCUT2D eigenvalue weighted by Crippen LogP contribution is 2.46. The van der Waals surface area contributed by atoms with E-state index in [1.165, 1.54) is 4.68 Å². The Hall–Kier alpha value is -3.64. The van der Waals surface area contributed by atoms with Gasteiger partial charge in [0.15, 0.2) is 0 Å². The number of carboxylic acid groups (broad SMARTS) is 1. The summed E-state index contributed by atoms with van der Waals surface area (Å²) < 4.78 is 1.50. The first-order valence-electron chi connectivity index (χ1n) is 10.8. The standard InChI is InChI=1S/C26H22ClN3O3/c1-16-24(21-13-18(27)11-12-22(21)29(16)15-23(31)32)25-19-9-5-6-10-20(19)26(33)30(28-25)14-17-7-3-2-4-8-17/h2-13,16,24H,14-15H2,1H3,(H,31,32). The van der Waals surface area contributed by atoms with Crippen LogP contribution in [-0.4, -0.2) is 33.4 Å². The maximum Gasteiger partial charge on any atom is 0.323 e. The molecular weight excluding hydrogens is 438 g/mol. The Morgan fingerprint density at radius 1 is 1.03 bits per heavy atom. The molecule has 0 radical (unpaired) electrons. The fraction of sp³-hybridized carbons (Fsp3) is 0.192. The van der Waals surface area contributed by atoms with Crippen molar-refractivity contribution >= 4 is 34.0 Å². The number of hydrogen-bond donors (Lipinski definition) is 1. The van der Waals surface area contributed by atoms with Crippen molar-refractivity contribution < 1.29 is 9.90 Å². The van der Waals surface area contributed by atoms with E-state index in [1.54, 1.807) is 6.07 Å². The molecule has 0 bridgehead atoms. The van der Waals surface area contributed by atoms with Crippen LogP contribution in [0.2, 0.25) is 5.02 Å². The third kappa shape index (κ3) is 3.76. The summed E-state index contributed by atoms with van der Waals surface area (Å²) in [7, 11) is 0. The Balaban J connectivity index is 1.73. The van der Waals surface area contributed by atoms with Crippen molar-refractivity contribution in [3.63, 3.8) is 0 Å². The molecule has 3 aromatic carbocycles. The quantitative estimate of drug-likeness (QED) is 0.474. The van der Waals surface area contributed by atoms with Gasteiger partial charge in [-0.1, -0.05) is 60.1 Å². The van der Waals surface area contributed by atoms with E-state index in [0.717, 1.165) is 27.9 Å². The summed E-state index contributed by atoms with van der Waals surface area (Å²) in [6.45, 7) is 2.21. The van der Waals surface area contributed by atoms with Crippen LogP contribution >= 0.6 is 11.6 Å². The van der Waals surface area contributed by atoms with Crippen LogP contribution in [0.5, 0.6) is 0 Å². The van der Waals surface area contributed by atoms with Gasteiger partial charge in [-0.2, -0.15) is 5.10 Å². The van der Waals surface area contributed by atoms with Crippen molar-refractivity contribution in [2.75, 3.05) is 11.4 Å². The fourth-order valence-electron chi connectivity index (χ4n) is 4.80. The maximum atomic E-state index is 13.3. The maximum absolute atomic E-state index is 13.3. The highest BCUT2D eigenvalue weighted by Gasteiger charge is 2.39. The van der Waals surface area contributed by atoms with Crippen molar-refractivity contribution in [3.8, 4) is 0 Å². The summed E-state index contributed by atoms with van der Waals surface area (Å²) >= 11 is 6.35. The van der Waals surface area contributed by atoms with Gasteiger partial charge < -0.3 is 10.0 Å². The minimum atomic E-state index is -0.907. The van der Waals surface area contributed by atoms with E-state index < -0.39 is 5.97 Å². The van der Waals surface area contributed by atoms with Crippen molar-refractivity contribution in [2.45, 2.75) is 25.4 Å². The SMILES string of the molecule is CC1C(c2nn(Cc3ccccc3)c(=O)c3ccccc23)c2cc(Cl)ccc2N1CC(=O)O. The van der Waals surface area contributed by atoms with Gasteiger partial charge in [-0.3, -0.25) is 9.59 Å². The van der Waals surface area contributed by atoms with Gasteiger partial charge in [0.2, 0.25) is 0 Å². The summed E-state index contributed by atoms with van der Waals surface area (Å²) in [6.07, 6.45) is 0. The Bertz CT molecular complexity index is 1420. The topological polar surface area (TPSA) is 75.4 Å². The van der Waals surface area contributed by atoms with E-state index >= 15 is 0 Å². The lowest BCUT2D eigenvalue weighted by molar-refractivity contribution is -0.135. The number of carboxylic acids is 1. The number of nitrogens with zero attached hydrogens (tertiary/aromatic N) is 3. The number of hydrogen-bond acceptors (Lipinski definition) is 4. The largest absolute Gasteiger partial charge is 0.480 e. The fourth-order valence-corrected chi connectivity index (χ4v) is 4.98.